The molecule has 0 bridgehead atoms. The molecular weight excluding hydrogens is 500 g/mol. The number of methoxy groups -OCH3 is 2. The zero-order chi connectivity index (χ0) is 21.4. The molecule has 1 N–H and O–H groups in total. The summed E-state index contributed by atoms with van der Waals surface area (Å²) in [6, 6.07) is 8.96. The molecule has 2 aromatic carbocycles. The highest BCUT2D eigenvalue weighted by Crippen LogP contribution is 2.17. The maximum Gasteiger partial charge on any atom is 0.337 e. The van der Waals surface area contributed by atoms with E-state index in [-0.39, 0.29) is 16.9 Å². The molecule has 0 saturated carbocycles. The summed E-state index contributed by atoms with van der Waals surface area (Å²) in [4.78, 5) is 44.0. The second-order valence-corrected chi connectivity index (χ2v) is 7.13. The number of aromatic carboxylic acids is 1. The number of carbonyl (C=O) groups is 4. The molecule has 0 radical (unpaired) electrons. The van der Waals surface area contributed by atoms with Gasteiger partial charge in [-0.15, -0.1) is 0 Å². The monoisotopic (exact) mass is 514 g/mol. The molecular formula is C19H16Br2O7. The average Bonchev–Trinajstić information content (AvgIpc) is 2.66. The Labute approximate surface area is 177 Å². The van der Waals surface area contributed by atoms with Crippen molar-refractivity contribution in [2.45, 2.75) is 6.92 Å². The Hall–Kier alpha value is -2.52. The van der Waals surface area contributed by atoms with Crippen LogP contribution in [0.3, 0.4) is 0 Å². The number of benzene rings is 2. The normalized spacial score (nSPS) is 9.61. The number of hydrogen-bond donors (Lipinski definition) is 1. The summed E-state index contributed by atoms with van der Waals surface area (Å²) >= 11 is 6.33. The predicted octanol–water partition coefficient (Wildman–Crippen LogP) is 4.37. The lowest BCUT2D eigenvalue weighted by atomic mass is 10.1. The first-order chi connectivity index (χ1) is 13.1. The number of esters is 2. The van der Waals surface area contributed by atoms with Gasteiger partial charge in [0.25, 0.3) is 0 Å². The molecule has 2 aromatic rings. The molecule has 0 saturated heterocycles. The van der Waals surface area contributed by atoms with E-state index in [1.807, 2.05) is 0 Å². The van der Waals surface area contributed by atoms with Gasteiger partial charge in [-0.1, -0.05) is 31.9 Å². The van der Waals surface area contributed by atoms with Crippen molar-refractivity contribution in [2.75, 3.05) is 14.2 Å². The molecule has 0 fully saturated rings. The van der Waals surface area contributed by atoms with Gasteiger partial charge in [-0.25, -0.2) is 14.4 Å². The molecule has 7 nitrogen and oxygen atoms in total. The molecule has 0 heterocycles. The lowest BCUT2D eigenvalue weighted by Crippen LogP contribution is -2.04. The first kappa shape index (κ1) is 23.5. The molecule has 0 aromatic heterocycles. The average molecular weight is 516 g/mol. The molecule has 0 atom stereocenters. The Morgan fingerprint density at radius 2 is 1.07 bits per heavy atom. The molecule has 0 aliphatic carbocycles. The van der Waals surface area contributed by atoms with E-state index in [0.29, 0.717) is 20.1 Å². The van der Waals surface area contributed by atoms with E-state index in [1.54, 1.807) is 12.1 Å². The van der Waals surface area contributed by atoms with Crippen molar-refractivity contribution in [3.05, 3.63) is 67.6 Å². The van der Waals surface area contributed by atoms with Crippen LogP contribution in [-0.2, 0) is 9.47 Å². The van der Waals surface area contributed by atoms with Crippen LogP contribution >= 0.6 is 31.9 Å². The summed E-state index contributed by atoms with van der Waals surface area (Å²) in [6.45, 7) is 1.45. The summed E-state index contributed by atoms with van der Waals surface area (Å²) in [5.41, 5.74) is 1.10. The number of ketones is 1. The molecule has 28 heavy (non-hydrogen) atoms. The van der Waals surface area contributed by atoms with E-state index in [4.69, 9.17) is 5.11 Å². The van der Waals surface area contributed by atoms with Gasteiger partial charge in [-0.2, -0.15) is 0 Å². The summed E-state index contributed by atoms with van der Waals surface area (Å²) in [7, 11) is 2.54. The molecule has 0 spiro atoms. The largest absolute Gasteiger partial charge is 0.478 e. The van der Waals surface area contributed by atoms with E-state index >= 15 is 0 Å². The molecule has 0 aliphatic rings. The third kappa shape index (κ3) is 6.90. The Bertz CT molecular complexity index is 847. The van der Waals surface area contributed by atoms with Crippen molar-refractivity contribution in [3.8, 4) is 0 Å². The quantitative estimate of drug-likeness (QED) is 0.475. The van der Waals surface area contributed by atoms with Crippen LogP contribution in [-0.4, -0.2) is 43.0 Å². The molecule has 2 rings (SSSR count). The van der Waals surface area contributed by atoms with E-state index in [1.165, 1.54) is 45.4 Å². The van der Waals surface area contributed by atoms with Crippen LogP contribution in [0.25, 0.3) is 0 Å². The van der Waals surface area contributed by atoms with Crippen molar-refractivity contribution in [1.82, 2.24) is 0 Å². The minimum Gasteiger partial charge on any atom is -0.478 e. The lowest BCUT2D eigenvalue weighted by Gasteiger charge is -2.02. The summed E-state index contributed by atoms with van der Waals surface area (Å²) in [5, 5.41) is 8.72. The van der Waals surface area contributed by atoms with Gasteiger partial charge in [-0.3, -0.25) is 4.79 Å². The molecule has 0 aliphatic heterocycles. The van der Waals surface area contributed by atoms with Crippen LogP contribution in [0.4, 0.5) is 0 Å². The molecule has 9 heteroatoms. The topological polar surface area (TPSA) is 107 Å². The van der Waals surface area contributed by atoms with Gasteiger partial charge in [0.15, 0.2) is 5.78 Å². The van der Waals surface area contributed by atoms with E-state index < -0.39 is 17.9 Å². The molecule has 148 valence electrons. The zero-order valence-corrected chi connectivity index (χ0v) is 18.3. The van der Waals surface area contributed by atoms with Gasteiger partial charge in [0.05, 0.1) is 30.9 Å². The fourth-order valence-electron chi connectivity index (χ4n) is 1.98. The third-order valence-corrected chi connectivity index (χ3v) is 4.21. The van der Waals surface area contributed by atoms with Gasteiger partial charge in [-0.05, 0) is 43.3 Å². The first-order valence-corrected chi connectivity index (χ1v) is 9.19. The standard InChI is InChI=1S/C10H9BrO3.C9H7BrO4/c1-6(12)7-3-8(10(13)14-2)5-9(11)4-7;1-14-9(13)6-2-5(8(11)12)3-7(10)4-6/h3-5H,1-2H3;2-4H,1H3,(H,11,12). The number of Topliss-reactive ketones (excluding diaryl/α,β-unsaturated/α-hetero) is 1. The van der Waals surface area contributed by atoms with Crippen molar-refractivity contribution < 1.29 is 33.8 Å². The molecule has 0 amide bonds. The molecule has 0 unspecified atom stereocenters. The van der Waals surface area contributed by atoms with Crippen molar-refractivity contribution >= 4 is 55.6 Å². The number of ether oxygens (including phenoxy) is 2. The Morgan fingerprint density at radius 1 is 0.714 bits per heavy atom. The van der Waals surface area contributed by atoms with Gasteiger partial charge in [0.2, 0.25) is 0 Å². The lowest BCUT2D eigenvalue weighted by molar-refractivity contribution is 0.0591. The van der Waals surface area contributed by atoms with Crippen LogP contribution in [0.2, 0.25) is 0 Å². The van der Waals surface area contributed by atoms with Gasteiger partial charge < -0.3 is 14.6 Å². The number of halogens is 2. The van der Waals surface area contributed by atoms with Crippen LogP contribution in [0.15, 0.2) is 45.3 Å². The maximum atomic E-state index is 11.2. The highest BCUT2D eigenvalue weighted by Gasteiger charge is 2.11. The van der Waals surface area contributed by atoms with Crippen LogP contribution < -0.4 is 0 Å². The van der Waals surface area contributed by atoms with Crippen molar-refractivity contribution in [2.24, 2.45) is 0 Å². The van der Waals surface area contributed by atoms with Gasteiger partial charge in [0.1, 0.15) is 0 Å². The predicted molar refractivity (Wildman–Crippen MR) is 108 cm³/mol. The SMILES string of the molecule is COC(=O)c1cc(Br)cc(C(=O)O)c1.COC(=O)c1cc(Br)cc(C(C)=O)c1. The van der Waals surface area contributed by atoms with Crippen LogP contribution in [0, 0.1) is 0 Å². The number of carboxylic acid groups (broad SMARTS) is 1. The minimum atomic E-state index is -1.09. The highest BCUT2D eigenvalue weighted by molar-refractivity contribution is 9.10. The number of rotatable bonds is 4. The van der Waals surface area contributed by atoms with Crippen molar-refractivity contribution in [3.63, 3.8) is 0 Å². The highest BCUT2D eigenvalue weighted by atomic mass is 79.9. The summed E-state index contributed by atoms with van der Waals surface area (Å²) in [5.74, 6) is -2.18. The number of carbonyl (C=O) groups excluding carboxylic acids is 3. The fourth-order valence-corrected chi connectivity index (χ4v) is 2.96. The first-order valence-electron chi connectivity index (χ1n) is 7.61. The number of hydrogen-bond acceptors (Lipinski definition) is 6. The minimum absolute atomic E-state index is 0.0415. The number of carboxylic acids is 1. The van der Waals surface area contributed by atoms with E-state index in [0.717, 1.165) is 0 Å². The maximum absolute atomic E-state index is 11.2. The van der Waals surface area contributed by atoms with Crippen molar-refractivity contribution in [1.29, 1.82) is 0 Å². The van der Waals surface area contributed by atoms with E-state index in [2.05, 4.69) is 41.3 Å². The second kappa shape index (κ2) is 10.7. The Balaban J connectivity index is 0.000000280. The Morgan fingerprint density at radius 3 is 1.43 bits per heavy atom. The summed E-state index contributed by atoms with van der Waals surface area (Å²) in [6.07, 6.45) is 0. The fraction of sp³-hybridized carbons (Fsp3) is 0.158. The van der Waals surface area contributed by atoms with Crippen LogP contribution in [0.5, 0.6) is 0 Å². The Kier molecular flexibility index (Phi) is 9.01. The second-order valence-electron chi connectivity index (χ2n) is 5.30. The zero-order valence-electron chi connectivity index (χ0n) is 15.1. The van der Waals surface area contributed by atoms with Crippen LogP contribution in [0.1, 0.15) is 48.4 Å². The summed E-state index contributed by atoms with van der Waals surface area (Å²) < 4.78 is 10.2. The van der Waals surface area contributed by atoms with E-state index in [9.17, 15) is 19.2 Å². The third-order valence-electron chi connectivity index (χ3n) is 3.29. The van der Waals surface area contributed by atoms with Gasteiger partial charge >= 0.3 is 17.9 Å². The smallest absolute Gasteiger partial charge is 0.337 e. The van der Waals surface area contributed by atoms with Gasteiger partial charge in [0, 0.05) is 14.5 Å².